The molecule has 0 amide bonds. The number of carboxylic acids is 1. The van der Waals surface area contributed by atoms with Crippen LogP contribution in [-0.2, 0) is 4.79 Å². The van der Waals surface area contributed by atoms with Crippen LogP contribution in [0.5, 0.6) is 0 Å². The standard InChI is InChI=1S/C6H11NO2/c1-6(2-3-6)4(7)5(8)9/h4H,2-3,7H2,1H3,(H,8,9)/t4-/m1/s1. The second-order valence-electron chi connectivity index (χ2n) is 2.97. The van der Waals surface area contributed by atoms with Gasteiger partial charge >= 0.3 is 5.97 Å². The number of carbonyl (C=O) groups is 1. The molecule has 52 valence electrons. The van der Waals surface area contributed by atoms with Crippen LogP contribution >= 0.6 is 0 Å². The van der Waals surface area contributed by atoms with Crippen molar-refractivity contribution in [2.45, 2.75) is 25.8 Å². The summed E-state index contributed by atoms with van der Waals surface area (Å²) in [6.45, 7) is 1.91. The fourth-order valence-electron chi connectivity index (χ4n) is 0.806. The van der Waals surface area contributed by atoms with Gasteiger partial charge in [0.1, 0.15) is 6.04 Å². The molecule has 1 fully saturated rings. The number of aliphatic carboxylic acids is 1. The van der Waals surface area contributed by atoms with E-state index in [0.29, 0.717) is 0 Å². The molecule has 1 aliphatic rings. The molecule has 0 aromatic heterocycles. The lowest BCUT2D eigenvalue weighted by Gasteiger charge is -2.12. The lowest BCUT2D eigenvalue weighted by molar-refractivity contribution is -0.140. The molecule has 0 radical (unpaired) electrons. The molecule has 1 aliphatic carbocycles. The number of rotatable bonds is 2. The molecular weight excluding hydrogens is 118 g/mol. The van der Waals surface area contributed by atoms with Gasteiger partial charge in [0.25, 0.3) is 0 Å². The van der Waals surface area contributed by atoms with Crippen molar-refractivity contribution in [1.29, 1.82) is 0 Å². The average molecular weight is 129 g/mol. The summed E-state index contributed by atoms with van der Waals surface area (Å²) in [6.07, 6.45) is 1.92. The zero-order valence-electron chi connectivity index (χ0n) is 5.42. The van der Waals surface area contributed by atoms with Crippen molar-refractivity contribution < 1.29 is 9.90 Å². The Labute approximate surface area is 53.9 Å². The van der Waals surface area contributed by atoms with Gasteiger partial charge in [-0.2, -0.15) is 0 Å². The van der Waals surface area contributed by atoms with Crippen molar-refractivity contribution in [3.63, 3.8) is 0 Å². The lowest BCUT2D eigenvalue weighted by atomic mass is 10.0. The van der Waals surface area contributed by atoms with Crippen LogP contribution in [0, 0.1) is 5.41 Å². The summed E-state index contributed by atoms with van der Waals surface area (Å²) in [5.74, 6) is -0.880. The monoisotopic (exact) mass is 129 g/mol. The smallest absolute Gasteiger partial charge is 0.321 e. The predicted octanol–water partition coefficient (Wildman–Crippen LogP) is 0.198. The van der Waals surface area contributed by atoms with Crippen molar-refractivity contribution in [3.05, 3.63) is 0 Å². The van der Waals surface area contributed by atoms with Crippen LogP contribution in [0.3, 0.4) is 0 Å². The summed E-state index contributed by atoms with van der Waals surface area (Å²) in [7, 11) is 0. The van der Waals surface area contributed by atoms with Gasteiger partial charge in [0, 0.05) is 0 Å². The van der Waals surface area contributed by atoms with E-state index in [2.05, 4.69) is 0 Å². The third kappa shape index (κ3) is 1.05. The first kappa shape index (κ1) is 6.55. The number of hydrogen-bond donors (Lipinski definition) is 2. The van der Waals surface area contributed by atoms with E-state index >= 15 is 0 Å². The van der Waals surface area contributed by atoms with Crippen molar-refractivity contribution >= 4 is 5.97 Å². The van der Waals surface area contributed by atoms with E-state index in [-0.39, 0.29) is 5.41 Å². The average Bonchev–Trinajstić information content (AvgIpc) is 2.47. The van der Waals surface area contributed by atoms with E-state index in [0.717, 1.165) is 12.8 Å². The molecule has 9 heavy (non-hydrogen) atoms. The van der Waals surface area contributed by atoms with Gasteiger partial charge in [-0.15, -0.1) is 0 Å². The first-order chi connectivity index (χ1) is 4.06. The minimum Gasteiger partial charge on any atom is -0.480 e. The highest BCUT2D eigenvalue weighted by molar-refractivity contribution is 5.74. The largest absolute Gasteiger partial charge is 0.480 e. The first-order valence-electron chi connectivity index (χ1n) is 3.05. The van der Waals surface area contributed by atoms with Gasteiger partial charge in [0.2, 0.25) is 0 Å². The quantitative estimate of drug-likeness (QED) is 0.559. The Morgan fingerprint density at radius 2 is 2.22 bits per heavy atom. The van der Waals surface area contributed by atoms with Gasteiger partial charge in [-0.25, -0.2) is 0 Å². The summed E-state index contributed by atoms with van der Waals surface area (Å²) in [6, 6.07) is -0.655. The minimum atomic E-state index is -0.880. The molecule has 0 unspecified atom stereocenters. The second-order valence-corrected chi connectivity index (χ2v) is 2.97. The van der Waals surface area contributed by atoms with E-state index in [9.17, 15) is 4.79 Å². The zero-order valence-corrected chi connectivity index (χ0v) is 5.42. The lowest BCUT2D eigenvalue weighted by Crippen LogP contribution is -2.37. The van der Waals surface area contributed by atoms with Crippen LogP contribution < -0.4 is 5.73 Å². The van der Waals surface area contributed by atoms with Crippen LogP contribution in [0.4, 0.5) is 0 Å². The maximum atomic E-state index is 10.3. The fourth-order valence-corrected chi connectivity index (χ4v) is 0.806. The number of carboxylic acid groups (broad SMARTS) is 1. The van der Waals surface area contributed by atoms with E-state index in [4.69, 9.17) is 10.8 Å². The summed E-state index contributed by atoms with van der Waals surface area (Å²) in [5.41, 5.74) is 5.27. The topological polar surface area (TPSA) is 63.3 Å². The van der Waals surface area contributed by atoms with Crippen LogP contribution in [-0.4, -0.2) is 17.1 Å². The Bertz CT molecular complexity index is 140. The third-order valence-corrected chi connectivity index (χ3v) is 2.06. The normalized spacial score (nSPS) is 25.1. The van der Waals surface area contributed by atoms with Crippen LogP contribution in [0.25, 0.3) is 0 Å². The highest BCUT2D eigenvalue weighted by Crippen LogP contribution is 2.47. The summed E-state index contributed by atoms with van der Waals surface area (Å²) in [4.78, 5) is 10.3. The minimum absolute atomic E-state index is 0.0914. The van der Waals surface area contributed by atoms with Crippen molar-refractivity contribution in [2.75, 3.05) is 0 Å². The van der Waals surface area contributed by atoms with Crippen LogP contribution in [0.15, 0.2) is 0 Å². The van der Waals surface area contributed by atoms with Gasteiger partial charge < -0.3 is 10.8 Å². The molecule has 0 bridgehead atoms. The summed E-state index contributed by atoms with van der Waals surface area (Å²) < 4.78 is 0. The maximum absolute atomic E-state index is 10.3. The fraction of sp³-hybridized carbons (Fsp3) is 0.833. The molecule has 0 aromatic rings. The maximum Gasteiger partial charge on any atom is 0.321 e. The van der Waals surface area contributed by atoms with Gasteiger partial charge in [-0.3, -0.25) is 4.79 Å². The molecule has 1 rings (SSSR count). The van der Waals surface area contributed by atoms with Crippen molar-refractivity contribution in [3.8, 4) is 0 Å². The molecular formula is C6H11NO2. The first-order valence-corrected chi connectivity index (χ1v) is 3.05. The molecule has 0 aliphatic heterocycles. The molecule has 1 atom stereocenters. The Kier molecular flexibility index (Phi) is 1.24. The zero-order chi connectivity index (χ0) is 7.07. The third-order valence-electron chi connectivity index (χ3n) is 2.06. The van der Waals surface area contributed by atoms with Gasteiger partial charge in [-0.05, 0) is 18.3 Å². The van der Waals surface area contributed by atoms with E-state index in [1.165, 1.54) is 0 Å². The van der Waals surface area contributed by atoms with Crippen molar-refractivity contribution in [2.24, 2.45) is 11.1 Å². The van der Waals surface area contributed by atoms with E-state index in [1.54, 1.807) is 0 Å². The molecule has 3 nitrogen and oxygen atoms in total. The van der Waals surface area contributed by atoms with Crippen LogP contribution in [0.2, 0.25) is 0 Å². The van der Waals surface area contributed by atoms with Gasteiger partial charge in [0.05, 0.1) is 0 Å². The number of nitrogens with two attached hydrogens (primary N) is 1. The highest BCUT2D eigenvalue weighted by atomic mass is 16.4. The molecule has 1 saturated carbocycles. The second kappa shape index (κ2) is 1.70. The molecule has 3 heteroatoms. The summed E-state index contributed by atoms with van der Waals surface area (Å²) in [5, 5.41) is 8.43. The van der Waals surface area contributed by atoms with E-state index in [1.807, 2.05) is 6.92 Å². The Balaban J connectivity index is 2.52. The highest BCUT2D eigenvalue weighted by Gasteiger charge is 2.46. The van der Waals surface area contributed by atoms with Gasteiger partial charge in [0.15, 0.2) is 0 Å². The Morgan fingerprint density at radius 1 is 1.78 bits per heavy atom. The van der Waals surface area contributed by atoms with Crippen molar-refractivity contribution in [1.82, 2.24) is 0 Å². The molecule has 0 spiro atoms. The molecule has 3 N–H and O–H groups in total. The molecule has 0 heterocycles. The predicted molar refractivity (Wildman–Crippen MR) is 33.0 cm³/mol. The van der Waals surface area contributed by atoms with Gasteiger partial charge in [-0.1, -0.05) is 6.92 Å². The molecule has 0 saturated heterocycles. The van der Waals surface area contributed by atoms with Crippen LogP contribution in [0.1, 0.15) is 19.8 Å². The van der Waals surface area contributed by atoms with E-state index < -0.39 is 12.0 Å². The summed E-state index contributed by atoms with van der Waals surface area (Å²) >= 11 is 0. The SMILES string of the molecule is CC1([C@H](N)C(=O)O)CC1. The number of hydrogen-bond acceptors (Lipinski definition) is 2. The Morgan fingerprint density at radius 3 is 2.33 bits per heavy atom. The molecule has 0 aromatic carbocycles. The Hall–Kier alpha value is -0.570.